The standard InChI is InChI=1S/C21H14N2O6S/c24-19-17-8-4-5-9-18(17)20(25)23(19)29-21(26)14-10-12-16(13-11-14)30(27,28)22-15-6-2-1-3-7-15/h1-13,22H. The van der Waals surface area contributed by atoms with Gasteiger partial charge in [-0.3, -0.25) is 14.3 Å². The molecule has 0 saturated carbocycles. The molecule has 8 nitrogen and oxygen atoms in total. The molecule has 3 aromatic carbocycles. The molecule has 0 bridgehead atoms. The van der Waals surface area contributed by atoms with Crippen LogP contribution in [0.1, 0.15) is 31.1 Å². The van der Waals surface area contributed by atoms with E-state index in [1.54, 1.807) is 42.5 Å². The molecule has 0 fully saturated rings. The monoisotopic (exact) mass is 422 g/mol. The van der Waals surface area contributed by atoms with Crippen molar-refractivity contribution in [2.45, 2.75) is 4.90 Å². The number of hydrogen-bond donors (Lipinski definition) is 1. The lowest BCUT2D eigenvalue weighted by Gasteiger charge is -2.13. The van der Waals surface area contributed by atoms with E-state index in [1.807, 2.05) is 0 Å². The fraction of sp³-hybridized carbons (Fsp3) is 0. The van der Waals surface area contributed by atoms with E-state index in [-0.39, 0.29) is 21.6 Å². The van der Waals surface area contributed by atoms with Gasteiger partial charge in [0.25, 0.3) is 21.8 Å². The van der Waals surface area contributed by atoms with Crippen molar-refractivity contribution in [3.05, 3.63) is 95.6 Å². The van der Waals surface area contributed by atoms with Crippen LogP contribution in [0, 0.1) is 0 Å². The molecule has 0 saturated heterocycles. The Morgan fingerprint density at radius 3 is 1.87 bits per heavy atom. The van der Waals surface area contributed by atoms with Gasteiger partial charge >= 0.3 is 5.97 Å². The molecule has 1 aliphatic heterocycles. The smallest absolute Gasteiger partial charge is 0.324 e. The Kier molecular flexibility index (Phi) is 4.80. The van der Waals surface area contributed by atoms with Gasteiger partial charge in [0.1, 0.15) is 0 Å². The SMILES string of the molecule is O=C(ON1C(=O)c2ccccc2C1=O)c1ccc(S(=O)(=O)Nc2ccccc2)cc1. The summed E-state index contributed by atoms with van der Waals surface area (Å²) < 4.78 is 27.3. The van der Waals surface area contributed by atoms with Gasteiger partial charge in [-0.05, 0) is 48.5 Å². The van der Waals surface area contributed by atoms with Crippen LogP contribution >= 0.6 is 0 Å². The van der Waals surface area contributed by atoms with Crippen molar-refractivity contribution in [3.63, 3.8) is 0 Å². The van der Waals surface area contributed by atoms with E-state index in [0.717, 1.165) is 0 Å². The van der Waals surface area contributed by atoms with E-state index >= 15 is 0 Å². The van der Waals surface area contributed by atoms with Gasteiger partial charge in [-0.15, -0.1) is 0 Å². The molecule has 2 amide bonds. The summed E-state index contributed by atoms with van der Waals surface area (Å²) in [4.78, 5) is 41.8. The van der Waals surface area contributed by atoms with Gasteiger partial charge in [0, 0.05) is 5.69 Å². The van der Waals surface area contributed by atoms with Crippen LogP contribution in [0.3, 0.4) is 0 Å². The Morgan fingerprint density at radius 2 is 1.30 bits per heavy atom. The van der Waals surface area contributed by atoms with E-state index in [2.05, 4.69) is 4.72 Å². The molecule has 0 aliphatic carbocycles. The Balaban J connectivity index is 1.49. The van der Waals surface area contributed by atoms with Crippen LogP contribution in [0.15, 0.2) is 83.8 Å². The summed E-state index contributed by atoms with van der Waals surface area (Å²) in [5, 5.41) is 0.397. The zero-order chi connectivity index (χ0) is 21.3. The third-order valence-corrected chi connectivity index (χ3v) is 5.75. The summed E-state index contributed by atoms with van der Waals surface area (Å²) in [6, 6.07) is 19.4. The molecular weight excluding hydrogens is 408 g/mol. The molecule has 3 aromatic rings. The molecule has 9 heteroatoms. The third-order valence-electron chi connectivity index (χ3n) is 4.36. The predicted octanol–water partition coefficient (Wildman–Crippen LogP) is 2.86. The lowest BCUT2D eigenvalue weighted by Crippen LogP contribution is -2.32. The normalized spacial score (nSPS) is 13.1. The van der Waals surface area contributed by atoms with Crippen LogP contribution in [0.2, 0.25) is 0 Å². The highest BCUT2D eigenvalue weighted by atomic mass is 32.2. The third kappa shape index (κ3) is 3.53. The lowest BCUT2D eigenvalue weighted by atomic mass is 10.1. The number of para-hydroxylation sites is 1. The maximum atomic E-state index is 12.4. The van der Waals surface area contributed by atoms with Crippen LogP contribution in [0.5, 0.6) is 0 Å². The van der Waals surface area contributed by atoms with Gasteiger partial charge in [-0.2, -0.15) is 0 Å². The molecule has 1 heterocycles. The lowest BCUT2D eigenvalue weighted by molar-refractivity contribution is -0.0584. The van der Waals surface area contributed by atoms with Crippen LogP contribution in [0.25, 0.3) is 0 Å². The maximum Gasteiger partial charge on any atom is 0.363 e. The van der Waals surface area contributed by atoms with Gasteiger partial charge in [0.2, 0.25) is 0 Å². The van der Waals surface area contributed by atoms with Gasteiger partial charge in [0.05, 0.1) is 21.6 Å². The quantitative estimate of drug-likeness (QED) is 0.633. The average molecular weight is 422 g/mol. The highest BCUT2D eigenvalue weighted by molar-refractivity contribution is 7.92. The van der Waals surface area contributed by atoms with E-state index < -0.39 is 27.8 Å². The van der Waals surface area contributed by atoms with Gasteiger partial charge in [-0.1, -0.05) is 35.4 Å². The minimum atomic E-state index is -3.85. The Labute approximate surface area is 171 Å². The zero-order valence-electron chi connectivity index (χ0n) is 15.3. The number of nitrogens with one attached hydrogen (secondary N) is 1. The summed E-state index contributed by atoms with van der Waals surface area (Å²) in [6.45, 7) is 0. The number of sulfonamides is 1. The molecule has 0 unspecified atom stereocenters. The molecule has 0 spiro atoms. The van der Waals surface area contributed by atoms with Crippen molar-refractivity contribution >= 4 is 33.5 Å². The summed E-state index contributed by atoms with van der Waals surface area (Å²) in [6.07, 6.45) is 0. The topological polar surface area (TPSA) is 110 Å². The van der Waals surface area contributed by atoms with E-state index in [0.29, 0.717) is 10.8 Å². The molecule has 0 aromatic heterocycles. The van der Waals surface area contributed by atoms with Crippen molar-refractivity contribution in [1.82, 2.24) is 5.06 Å². The maximum absolute atomic E-state index is 12.4. The number of imide groups is 1. The van der Waals surface area contributed by atoms with Crippen molar-refractivity contribution < 1.29 is 27.6 Å². The number of carbonyl (C=O) groups excluding carboxylic acids is 3. The Bertz CT molecular complexity index is 1220. The largest absolute Gasteiger partial charge is 0.363 e. The van der Waals surface area contributed by atoms with Crippen molar-refractivity contribution in [1.29, 1.82) is 0 Å². The highest BCUT2D eigenvalue weighted by Crippen LogP contribution is 2.23. The highest BCUT2D eigenvalue weighted by Gasteiger charge is 2.38. The molecule has 150 valence electrons. The molecule has 0 radical (unpaired) electrons. The first kappa shape index (κ1) is 19.3. The Morgan fingerprint density at radius 1 is 0.767 bits per heavy atom. The second-order valence-electron chi connectivity index (χ2n) is 6.32. The van der Waals surface area contributed by atoms with Crippen molar-refractivity contribution in [3.8, 4) is 0 Å². The van der Waals surface area contributed by atoms with Gasteiger partial charge < -0.3 is 4.84 Å². The van der Waals surface area contributed by atoms with Crippen molar-refractivity contribution in [2.24, 2.45) is 0 Å². The van der Waals surface area contributed by atoms with Crippen molar-refractivity contribution in [2.75, 3.05) is 4.72 Å². The average Bonchev–Trinajstić information content (AvgIpc) is 2.99. The first-order valence-electron chi connectivity index (χ1n) is 8.75. The number of rotatable bonds is 5. The number of fused-ring (bicyclic) bond motifs is 1. The first-order valence-corrected chi connectivity index (χ1v) is 10.2. The molecule has 1 aliphatic rings. The second kappa shape index (κ2) is 7.45. The first-order chi connectivity index (χ1) is 14.4. The molecule has 1 N–H and O–H groups in total. The number of hydrogen-bond acceptors (Lipinski definition) is 6. The number of amides is 2. The van der Waals surface area contributed by atoms with Gasteiger partial charge in [-0.25, -0.2) is 13.2 Å². The molecule has 4 rings (SSSR count). The molecule has 30 heavy (non-hydrogen) atoms. The minimum Gasteiger partial charge on any atom is -0.324 e. The summed E-state index contributed by atoms with van der Waals surface area (Å²) in [5.74, 6) is -2.45. The second-order valence-corrected chi connectivity index (χ2v) is 8.01. The predicted molar refractivity (Wildman–Crippen MR) is 106 cm³/mol. The number of carbonyl (C=O) groups is 3. The minimum absolute atomic E-state index is 0.0229. The number of anilines is 1. The fourth-order valence-electron chi connectivity index (χ4n) is 2.88. The molecular formula is C21H14N2O6S. The van der Waals surface area contributed by atoms with Crippen LogP contribution in [0.4, 0.5) is 5.69 Å². The van der Waals surface area contributed by atoms with Crippen LogP contribution in [-0.4, -0.2) is 31.3 Å². The van der Waals surface area contributed by atoms with Crippen LogP contribution in [-0.2, 0) is 14.9 Å². The van der Waals surface area contributed by atoms with E-state index in [9.17, 15) is 22.8 Å². The summed E-state index contributed by atoms with van der Waals surface area (Å²) in [7, 11) is -3.85. The van der Waals surface area contributed by atoms with E-state index in [1.165, 1.54) is 36.4 Å². The summed E-state index contributed by atoms with van der Waals surface area (Å²) in [5.41, 5.74) is 0.657. The van der Waals surface area contributed by atoms with Gasteiger partial charge in [0.15, 0.2) is 0 Å². The fourth-order valence-corrected chi connectivity index (χ4v) is 3.93. The summed E-state index contributed by atoms with van der Waals surface area (Å²) >= 11 is 0. The number of nitrogens with zero attached hydrogens (tertiary/aromatic N) is 1. The molecule has 0 atom stereocenters. The van der Waals surface area contributed by atoms with Crippen LogP contribution < -0.4 is 4.72 Å². The number of hydroxylamine groups is 2. The number of benzene rings is 3. The zero-order valence-corrected chi connectivity index (χ0v) is 16.1. The Hall–Kier alpha value is -3.98. The van der Waals surface area contributed by atoms with E-state index in [4.69, 9.17) is 4.84 Å².